The van der Waals surface area contributed by atoms with Crippen molar-refractivity contribution in [3.63, 3.8) is 0 Å². The van der Waals surface area contributed by atoms with Gasteiger partial charge in [0.2, 0.25) is 11.8 Å². The molecule has 0 spiro atoms. The summed E-state index contributed by atoms with van der Waals surface area (Å²) < 4.78 is 30.0. The van der Waals surface area contributed by atoms with Crippen LogP contribution in [-0.2, 0) is 32.6 Å². The minimum Gasteiger partial charge on any atom is -0.354 e. The standard InChI is InChI=1S/C34H34BrCl2N3O4S/c1-24(2)21-38-34(42)32(19-25-8-4-3-5-9-25)39(22-26-10-6-11-27(35)18-26)33(41)23-40(30-13-7-12-29(37)20-30)45(43,44)31-16-14-28(36)15-17-31/h3-18,20,24,32H,19,21-23H2,1-2H3,(H,38,42)/t32-/m0/s1. The Balaban J connectivity index is 1.80. The Hall–Kier alpha value is -3.37. The van der Waals surface area contributed by atoms with Crippen molar-refractivity contribution in [1.29, 1.82) is 0 Å². The topological polar surface area (TPSA) is 86.8 Å². The fraction of sp³-hybridized carbons (Fsp3) is 0.235. The van der Waals surface area contributed by atoms with Crippen LogP contribution >= 0.6 is 39.1 Å². The quantitative estimate of drug-likeness (QED) is 0.156. The van der Waals surface area contributed by atoms with E-state index in [-0.39, 0.29) is 35.4 Å². The molecule has 4 aromatic carbocycles. The van der Waals surface area contributed by atoms with E-state index in [9.17, 15) is 18.0 Å². The molecule has 0 saturated carbocycles. The van der Waals surface area contributed by atoms with Crippen molar-refractivity contribution < 1.29 is 18.0 Å². The second-order valence-electron chi connectivity index (χ2n) is 10.9. The third-order valence-corrected chi connectivity index (χ3v) is 9.74. The monoisotopic (exact) mass is 729 g/mol. The predicted octanol–water partition coefficient (Wildman–Crippen LogP) is 7.36. The molecule has 7 nitrogen and oxygen atoms in total. The first-order valence-corrected chi connectivity index (χ1v) is 17.3. The number of rotatable bonds is 13. The van der Waals surface area contributed by atoms with Gasteiger partial charge in [-0.2, -0.15) is 0 Å². The summed E-state index contributed by atoms with van der Waals surface area (Å²) in [4.78, 5) is 29.7. The summed E-state index contributed by atoms with van der Waals surface area (Å²) in [6.45, 7) is 3.88. The molecule has 4 aromatic rings. The lowest BCUT2D eigenvalue weighted by Crippen LogP contribution is -2.53. The van der Waals surface area contributed by atoms with E-state index < -0.39 is 28.5 Å². The minimum absolute atomic E-state index is 0.0475. The molecule has 1 atom stereocenters. The number of nitrogens with one attached hydrogen (secondary N) is 1. The number of hydrogen-bond donors (Lipinski definition) is 1. The number of carbonyl (C=O) groups excluding carboxylic acids is 2. The number of benzene rings is 4. The fourth-order valence-corrected chi connectivity index (χ4v) is 6.87. The molecule has 4 rings (SSSR count). The van der Waals surface area contributed by atoms with Gasteiger partial charge in [-0.3, -0.25) is 13.9 Å². The van der Waals surface area contributed by atoms with E-state index in [4.69, 9.17) is 23.2 Å². The number of sulfonamides is 1. The molecule has 0 aliphatic rings. The van der Waals surface area contributed by atoms with E-state index >= 15 is 0 Å². The molecule has 0 bridgehead atoms. The van der Waals surface area contributed by atoms with Gasteiger partial charge < -0.3 is 10.2 Å². The SMILES string of the molecule is CC(C)CNC(=O)[C@H](Cc1ccccc1)N(Cc1cccc(Br)c1)C(=O)CN(c1cccc(Cl)c1)S(=O)(=O)c1ccc(Cl)cc1. The van der Waals surface area contributed by atoms with Crippen LogP contribution in [0.1, 0.15) is 25.0 Å². The van der Waals surface area contributed by atoms with E-state index in [1.807, 2.05) is 68.4 Å². The van der Waals surface area contributed by atoms with E-state index in [1.165, 1.54) is 35.2 Å². The third kappa shape index (κ3) is 9.56. The Morgan fingerprint density at radius 2 is 1.49 bits per heavy atom. The summed E-state index contributed by atoms with van der Waals surface area (Å²) in [5, 5.41) is 3.66. The maximum atomic E-state index is 14.5. The van der Waals surface area contributed by atoms with E-state index in [1.54, 1.807) is 18.2 Å². The van der Waals surface area contributed by atoms with Crippen molar-refractivity contribution in [2.75, 3.05) is 17.4 Å². The maximum absolute atomic E-state index is 14.5. The van der Waals surface area contributed by atoms with Gasteiger partial charge in [0, 0.05) is 34.0 Å². The number of hydrogen-bond acceptors (Lipinski definition) is 4. The Kier molecular flexibility index (Phi) is 12.1. The zero-order valence-electron chi connectivity index (χ0n) is 24.9. The van der Waals surface area contributed by atoms with Crippen LogP contribution in [0.15, 0.2) is 112 Å². The fourth-order valence-electron chi connectivity index (χ4n) is 4.70. The van der Waals surface area contributed by atoms with E-state index in [0.29, 0.717) is 16.6 Å². The van der Waals surface area contributed by atoms with Crippen LogP contribution in [0.5, 0.6) is 0 Å². The van der Waals surface area contributed by atoms with Gasteiger partial charge in [-0.05, 0) is 71.6 Å². The first kappa shape index (κ1) is 34.5. The predicted molar refractivity (Wildman–Crippen MR) is 184 cm³/mol. The van der Waals surface area contributed by atoms with Crippen molar-refractivity contribution >= 4 is 66.7 Å². The average Bonchev–Trinajstić information content (AvgIpc) is 3.01. The molecule has 0 radical (unpaired) electrons. The zero-order chi connectivity index (χ0) is 32.6. The van der Waals surface area contributed by atoms with Gasteiger partial charge in [0.1, 0.15) is 12.6 Å². The summed E-state index contributed by atoms with van der Waals surface area (Å²) in [6.07, 6.45) is 0.228. The van der Waals surface area contributed by atoms with Crippen LogP contribution in [0, 0.1) is 5.92 Å². The first-order chi connectivity index (χ1) is 21.4. The summed E-state index contributed by atoms with van der Waals surface area (Å²) in [6, 6.07) is 27.9. The van der Waals surface area contributed by atoms with Crippen LogP contribution in [-0.4, -0.2) is 44.3 Å². The van der Waals surface area contributed by atoms with Crippen molar-refractivity contribution in [3.05, 3.63) is 129 Å². The van der Waals surface area contributed by atoms with Crippen LogP contribution in [0.4, 0.5) is 5.69 Å². The third-order valence-electron chi connectivity index (χ3n) is 6.97. The van der Waals surface area contributed by atoms with Gasteiger partial charge in [0.25, 0.3) is 10.0 Å². The van der Waals surface area contributed by atoms with Crippen molar-refractivity contribution in [2.45, 2.75) is 37.8 Å². The average molecular weight is 732 g/mol. The normalized spacial score (nSPS) is 12.0. The van der Waals surface area contributed by atoms with E-state index in [2.05, 4.69) is 21.2 Å². The Labute approximate surface area is 283 Å². The Morgan fingerprint density at radius 3 is 2.13 bits per heavy atom. The van der Waals surface area contributed by atoms with Gasteiger partial charge in [0.05, 0.1) is 10.6 Å². The molecule has 0 heterocycles. The number of nitrogens with zero attached hydrogens (tertiary/aromatic N) is 2. The molecule has 0 saturated heterocycles. The van der Waals surface area contributed by atoms with E-state index in [0.717, 1.165) is 19.9 Å². The second-order valence-corrected chi connectivity index (χ2v) is 14.6. The van der Waals surface area contributed by atoms with Crippen molar-refractivity contribution in [1.82, 2.24) is 10.2 Å². The molecule has 0 aliphatic carbocycles. The molecule has 0 fully saturated rings. The zero-order valence-corrected chi connectivity index (χ0v) is 28.8. The van der Waals surface area contributed by atoms with Gasteiger partial charge in [-0.15, -0.1) is 0 Å². The van der Waals surface area contributed by atoms with Gasteiger partial charge in [-0.1, -0.05) is 102 Å². The van der Waals surface area contributed by atoms with Gasteiger partial charge in [-0.25, -0.2) is 8.42 Å². The molecule has 0 aliphatic heterocycles. The lowest BCUT2D eigenvalue weighted by Gasteiger charge is -2.34. The maximum Gasteiger partial charge on any atom is 0.264 e. The number of halogens is 3. The molecule has 11 heteroatoms. The number of anilines is 1. The number of carbonyl (C=O) groups is 2. The molecule has 0 unspecified atom stereocenters. The van der Waals surface area contributed by atoms with Crippen molar-refractivity contribution in [2.24, 2.45) is 5.92 Å². The molecule has 236 valence electrons. The molecule has 45 heavy (non-hydrogen) atoms. The minimum atomic E-state index is -4.26. The molecule has 1 N–H and O–H groups in total. The Morgan fingerprint density at radius 1 is 0.822 bits per heavy atom. The van der Waals surface area contributed by atoms with Crippen LogP contribution in [0.3, 0.4) is 0 Å². The Bertz CT molecular complexity index is 1720. The van der Waals surface area contributed by atoms with Gasteiger partial charge >= 0.3 is 0 Å². The summed E-state index contributed by atoms with van der Waals surface area (Å²) in [7, 11) is -4.26. The molecule has 0 aromatic heterocycles. The second kappa shape index (κ2) is 15.8. The summed E-state index contributed by atoms with van der Waals surface area (Å²) in [5.41, 5.74) is 1.83. The molecule has 2 amide bonds. The van der Waals surface area contributed by atoms with Crippen molar-refractivity contribution in [3.8, 4) is 0 Å². The lowest BCUT2D eigenvalue weighted by molar-refractivity contribution is -0.140. The summed E-state index contributed by atoms with van der Waals surface area (Å²) >= 11 is 15.8. The van der Waals surface area contributed by atoms with Crippen LogP contribution in [0.25, 0.3) is 0 Å². The smallest absolute Gasteiger partial charge is 0.264 e. The number of amides is 2. The molecular weight excluding hydrogens is 697 g/mol. The molecular formula is C34H34BrCl2N3O4S. The highest BCUT2D eigenvalue weighted by molar-refractivity contribution is 9.10. The van der Waals surface area contributed by atoms with Gasteiger partial charge in [0.15, 0.2) is 0 Å². The highest BCUT2D eigenvalue weighted by Gasteiger charge is 2.34. The highest BCUT2D eigenvalue weighted by Crippen LogP contribution is 2.28. The highest BCUT2D eigenvalue weighted by atomic mass is 79.9. The largest absolute Gasteiger partial charge is 0.354 e. The van der Waals surface area contributed by atoms with Crippen LogP contribution in [0.2, 0.25) is 10.0 Å². The first-order valence-electron chi connectivity index (χ1n) is 14.3. The lowest BCUT2D eigenvalue weighted by atomic mass is 10.0. The van der Waals surface area contributed by atoms with Crippen LogP contribution < -0.4 is 9.62 Å². The summed E-state index contributed by atoms with van der Waals surface area (Å²) in [5.74, 6) is -0.706.